The average molecular weight is 341 g/mol. The molecule has 5 heteroatoms. The van der Waals surface area contributed by atoms with Crippen molar-refractivity contribution in [2.24, 2.45) is 5.16 Å². The molecule has 2 aromatic rings. The molecule has 0 spiro atoms. The molecule has 1 aromatic heterocycles. The van der Waals surface area contributed by atoms with Gasteiger partial charge in [0.25, 0.3) is 0 Å². The molecule has 1 aliphatic carbocycles. The Morgan fingerprint density at radius 1 is 1.38 bits per heavy atom. The summed E-state index contributed by atoms with van der Waals surface area (Å²) in [5.74, 6) is 0. The first-order chi connectivity index (χ1) is 11.7. The highest BCUT2D eigenvalue weighted by molar-refractivity contribution is 7.80. The zero-order valence-corrected chi connectivity index (χ0v) is 15.0. The molecule has 1 atom stereocenters. The quantitative estimate of drug-likeness (QED) is 0.675. The number of aromatic nitrogens is 1. The van der Waals surface area contributed by atoms with Crippen LogP contribution in [-0.2, 0) is 10.3 Å². The number of thiocarbonyl (C=S) groups is 1. The van der Waals surface area contributed by atoms with Crippen LogP contribution < -0.4 is 5.32 Å². The Hall–Kier alpha value is -2.01. The van der Waals surface area contributed by atoms with Gasteiger partial charge in [0.05, 0.1) is 21.6 Å². The largest absolute Gasteiger partial charge is 0.396 e. The summed E-state index contributed by atoms with van der Waals surface area (Å²) in [5.41, 5.74) is 2.67. The number of para-hydroxylation sites is 1. The fourth-order valence-corrected chi connectivity index (χ4v) is 3.85. The van der Waals surface area contributed by atoms with E-state index in [0.29, 0.717) is 6.61 Å². The molecular weight excluding hydrogens is 318 g/mol. The number of hydrogen-bond acceptors (Lipinski definition) is 4. The Morgan fingerprint density at radius 2 is 2.21 bits per heavy atom. The van der Waals surface area contributed by atoms with Crippen LogP contribution in [0.1, 0.15) is 38.2 Å². The molecule has 0 aliphatic heterocycles. The predicted molar refractivity (Wildman–Crippen MR) is 103 cm³/mol. The molecule has 1 aromatic carbocycles. The molecule has 1 aliphatic rings. The lowest BCUT2D eigenvalue weighted by Gasteiger charge is -2.38. The van der Waals surface area contributed by atoms with Crippen molar-refractivity contribution in [1.82, 2.24) is 10.3 Å². The molecule has 0 radical (unpaired) electrons. The molecule has 0 amide bonds. The van der Waals surface area contributed by atoms with E-state index < -0.39 is 5.41 Å². The lowest BCUT2D eigenvalue weighted by Crippen LogP contribution is -2.50. The first kappa shape index (κ1) is 16.8. The van der Waals surface area contributed by atoms with Crippen LogP contribution in [0.2, 0.25) is 0 Å². The Kier molecular flexibility index (Phi) is 5.09. The molecule has 24 heavy (non-hydrogen) atoms. The standard InChI is InChI=1S/C19H23N3OS/c1-3-23-22-17-10-6-7-11-19(17,18(24)20-2)15-12-14-8-4-5-9-16(14)21-13-15/h4-5,8-9,12-13H,3,6-7,10-11H2,1-2H3,(H,20,24)/b22-17+. The van der Waals surface area contributed by atoms with Gasteiger partial charge in [-0.3, -0.25) is 4.98 Å². The number of oxime groups is 1. The number of hydrogen-bond donors (Lipinski definition) is 1. The molecule has 1 N–H and O–H groups in total. The molecule has 1 saturated carbocycles. The molecule has 1 fully saturated rings. The van der Waals surface area contributed by atoms with Crippen molar-refractivity contribution in [2.45, 2.75) is 38.0 Å². The van der Waals surface area contributed by atoms with Gasteiger partial charge in [-0.2, -0.15) is 0 Å². The van der Waals surface area contributed by atoms with Gasteiger partial charge in [0, 0.05) is 18.6 Å². The topological polar surface area (TPSA) is 46.5 Å². The maximum Gasteiger partial charge on any atom is 0.114 e. The van der Waals surface area contributed by atoms with E-state index in [0.717, 1.165) is 52.8 Å². The Morgan fingerprint density at radius 3 is 3.00 bits per heavy atom. The monoisotopic (exact) mass is 341 g/mol. The average Bonchev–Trinajstić information content (AvgIpc) is 2.65. The summed E-state index contributed by atoms with van der Waals surface area (Å²) in [5, 5.41) is 8.76. The SMILES string of the molecule is CCO/N=C1\CCCCC1(C(=S)NC)c1cnc2ccccc2c1. The van der Waals surface area contributed by atoms with Crippen molar-refractivity contribution in [1.29, 1.82) is 0 Å². The molecular formula is C19H23N3OS. The fraction of sp³-hybridized carbons (Fsp3) is 0.421. The van der Waals surface area contributed by atoms with Crippen LogP contribution in [0.3, 0.4) is 0 Å². The number of nitrogens with zero attached hydrogens (tertiary/aromatic N) is 2. The highest BCUT2D eigenvalue weighted by Crippen LogP contribution is 2.39. The molecule has 3 rings (SSSR count). The van der Waals surface area contributed by atoms with Crippen LogP contribution in [0.15, 0.2) is 41.7 Å². The van der Waals surface area contributed by atoms with Gasteiger partial charge >= 0.3 is 0 Å². The van der Waals surface area contributed by atoms with Crippen LogP contribution in [0, 0.1) is 0 Å². The van der Waals surface area contributed by atoms with Gasteiger partial charge in [0.2, 0.25) is 0 Å². The summed E-state index contributed by atoms with van der Waals surface area (Å²) in [7, 11) is 1.88. The second-order valence-corrected chi connectivity index (χ2v) is 6.47. The van der Waals surface area contributed by atoms with Gasteiger partial charge in [-0.15, -0.1) is 0 Å². The van der Waals surface area contributed by atoms with E-state index in [9.17, 15) is 0 Å². The minimum atomic E-state index is -0.422. The minimum absolute atomic E-state index is 0.422. The third-order valence-corrected chi connectivity index (χ3v) is 5.26. The lowest BCUT2D eigenvalue weighted by molar-refractivity contribution is 0.155. The van der Waals surface area contributed by atoms with Crippen molar-refractivity contribution in [3.63, 3.8) is 0 Å². The van der Waals surface area contributed by atoms with Gasteiger partial charge in [-0.1, -0.05) is 42.0 Å². The van der Waals surface area contributed by atoms with E-state index >= 15 is 0 Å². The van der Waals surface area contributed by atoms with Crippen LogP contribution in [0.5, 0.6) is 0 Å². The predicted octanol–water partition coefficient (Wildman–Crippen LogP) is 3.99. The van der Waals surface area contributed by atoms with Crippen LogP contribution in [0.4, 0.5) is 0 Å². The maximum atomic E-state index is 5.74. The van der Waals surface area contributed by atoms with Crippen molar-refractivity contribution in [3.8, 4) is 0 Å². The molecule has 0 bridgehead atoms. The van der Waals surface area contributed by atoms with Crippen molar-refractivity contribution in [3.05, 3.63) is 42.1 Å². The highest BCUT2D eigenvalue weighted by Gasteiger charge is 2.44. The van der Waals surface area contributed by atoms with E-state index in [1.807, 2.05) is 38.4 Å². The summed E-state index contributed by atoms with van der Waals surface area (Å²) >= 11 is 5.74. The molecule has 126 valence electrons. The summed E-state index contributed by atoms with van der Waals surface area (Å²) < 4.78 is 0. The normalized spacial score (nSPS) is 22.5. The number of likely N-dealkylation sites (N-methyl/N-ethyl adjacent to an activating group) is 1. The van der Waals surface area contributed by atoms with Gasteiger partial charge in [-0.05, 0) is 43.9 Å². The molecule has 1 heterocycles. The number of rotatable bonds is 4. The number of fused-ring (bicyclic) bond motifs is 1. The number of pyridine rings is 1. The first-order valence-corrected chi connectivity index (χ1v) is 8.90. The number of benzene rings is 1. The van der Waals surface area contributed by atoms with E-state index in [4.69, 9.17) is 17.1 Å². The lowest BCUT2D eigenvalue weighted by atomic mass is 9.68. The summed E-state index contributed by atoms with van der Waals surface area (Å²) in [6.07, 6.45) is 5.99. The van der Waals surface area contributed by atoms with Crippen molar-refractivity contribution < 1.29 is 4.84 Å². The maximum absolute atomic E-state index is 5.74. The van der Waals surface area contributed by atoms with Crippen LogP contribution in [0.25, 0.3) is 10.9 Å². The second-order valence-electron chi connectivity index (χ2n) is 6.06. The molecule has 4 nitrogen and oxygen atoms in total. The minimum Gasteiger partial charge on any atom is -0.396 e. The van der Waals surface area contributed by atoms with E-state index in [1.165, 1.54) is 0 Å². The summed E-state index contributed by atoms with van der Waals surface area (Å²) in [4.78, 5) is 10.9. The van der Waals surface area contributed by atoms with E-state index in [1.54, 1.807) is 0 Å². The zero-order valence-electron chi connectivity index (χ0n) is 14.2. The third kappa shape index (κ3) is 2.88. The smallest absolute Gasteiger partial charge is 0.114 e. The first-order valence-electron chi connectivity index (χ1n) is 8.49. The zero-order chi connectivity index (χ0) is 17.0. The molecule has 1 unspecified atom stereocenters. The van der Waals surface area contributed by atoms with Crippen molar-refractivity contribution in [2.75, 3.05) is 13.7 Å². The van der Waals surface area contributed by atoms with Crippen LogP contribution >= 0.6 is 12.2 Å². The fourth-order valence-electron chi connectivity index (χ4n) is 3.51. The van der Waals surface area contributed by atoms with E-state index in [2.05, 4.69) is 27.6 Å². The van der Waals surface area contributed by atoms with Gasteiger partial charge in [0.1, 0.15) is 6.61 Å². The summed E-state index contributed by atoms with van der Waals surface area (Å²) in [6.45, 7) is 2.50. The van der Waals surface area contributed by atoms with Crippen molar-refractivity contribution >= 4 is 33.8 Å². The third-order valence-electron chi connectivity index (χ3n) is 4.71. The second kappa shape index (κ2) is 7.26. The summed E-state index contributed by atoms with van der Waals surface area (Å²) in [6, 6.07) is 10.3. The Bertz CT molecular complexity index is 774. The van der Waals surface area contributed by atoms with E-state index in [-0.39, 0.29) is 0 Å². The highest BCUT2D eigenvalue weighted by atomic mass is 32.1. The molecule has 0 saturated heterocycles. The van der Waals surface area contributed by atoms with Crippen LogP contribution in [-0.4, -0.2) is 29.3 Å². The van der Waals surface area contributed by atoms with Gasteiger partial charge in [0.15, 0.2) is 0 Å². The Balaban J connectivity index is 2.17. The van der Waals surface area contributed by atoms with Gasteiger partial charge in [-0.25, -0.2) is 0 Å². The number of nitrogens with one attached hydrogen (secondary N) is 1. The van der Waals surface area contributed by atoms with Gasteiger partial charge < -0.3 is 10.2 Å². The Labute approximate surface area is 148 Å².